The Morgan fingerprint density at radius 1 is 1.07 bits per heavy atom. The van der Waals surface area contributed by atoms with Gasteiger partial charge in [-0.15, -0.1) is 0 Å². The molecule has 0 saturated carbocycles. The third kappa shape index (κ3) is 8.15. The van der Waals surface area contributed by atoms with Crippen molar-refractivity contribution in [3.05, 3.63) is 35.4 Å². The van der Waals surface area contributed by atoms with Crippen LogP contribution in [-0.4, -0.2) is 15.5 Å². The maximum Gasteiger partial charge on any atom is 1.04 e. The lowest BCUT2D eigenvalue weighted by atomic mass is 10.1. The molecule has 0 aliphatic rings. The van der Waals surface area contributed by atoms with Crippen molar-refractivity contribution >= 4 is 15.5 Å². The summed E-state index contributed by atoms with van der Waals surface area (Å²) < 4.78 is 29.4. The molecular formula is C10H14AlF3. The van der Waals surface area contributed by atoms with E-state index in [-0.39, 0.29) is 0 Å². The standard InChI is InChI=1S/C10H14.Al.3FH/c1-3-4-10-7-5-9(2)6-8-10;;;;/h5-8H,3-4H2,1-2H3;;3*1H/q;+3;;;/p-3. The van der Waals surface area contributed by atoms with Crippen molar-refractivity contribution in [2.24, 2.45) is 0 Å². The molecule has 0 unspecified atom stereocenters. The van der Waals surface area contributed by atoms with E-state index in [4.69, 9.17) is 0 Å². The van der Waals surface area contributed by atoms with Crippen LogP contribution in [-0.2, 0) is 6.42 Å². The molecule has 0 aromatic heterocycles. The summed E-state index contributed by atoms with van der Waals surface area (Å²) in [6.45, 7) is 4.33. The number of aryl methyl sites for hydroxylation is 2. The van der Waals surface area contributed by atoms with Crippen LogP contribution in [0.15, 0.2) is 24.3 Å². The summed E-state index contributed by atoms with van der Waals surface area (Å²) in [7, 11) is 0. The highest BCUT2D eigenvalue weighted by Crippen LogP contribution is 2.04. The maximum absolute atomic E-state index is 9.81. The highest BCUT2D eigenvalue weighted by atomic mass is 27.3. The summed E-state index contributed by atoms with van der Waals surface area (Å²) in [4.78, 5) is 0. The van der Waals surface area contributed by atoms with E-state index in [1.807, 2.05) is 0 Å². The Bertz CT molecular complexity index is 231. The Balaban J connectivity index is 0.000000364. The molecule has 0 spiro atoms. The van der Waals surface area contributed by atoms with Gasteiger partial charge in [-0.25, -0.2) is 0 Å². The van der Waals surface area contributed by atoms with Gasteiger partial charge in [-0.2, -0.15) is 0 Å². The molecule has 0 aliphatic carbocycles. The SMILES string of the molecule is CCCc1ccc(C)cc1.[F][Al]([F])[F]. The van der Waals surface area contributed by atoms with Crippen molar-refractivity contribution in [2.45, 2.75) is 26.7 Å². The van der Waals surface area contributed by atoms with Crippen molar-refractivity contribution < 1.29 is 10.6 Å². The smallest absolute Gasteiger partial charge is 0.346 e. The monoisotopic (exact) mass is 218 g/mol. The first-order valence-corrected chi connectivity index (χ1v) is 5.85. The molecule has 0 atom stereocenters. The van der Waals surface area contributed by atoms with E-state index in [0.717, 1.165) is 0 Å². The van der Waals surface area contributed by atoms with Crippen molar-refractivity contribution in [3.8, 4) is 0 Å². The van der Waals surface area contributed by atoms with Crippen LogP contribution in [0.1, 0.15) is 24.5 Å². The fourth-order valence-electron chi connectivity index (χ4n) is 1.04. The first kappa shape index (κ1) is 13.5. The Morgan fingerprint density at radius 3 is 1.86 bits per heavy atom. The molecule has 0 radical (unpaired) electrons. The number of hydrogen-bond donors (Lipinski definition) is 0. The molecule has 0 aliphatic heterocycles. The van der Waals surface area contributed by atoms with Gasteiger partial charge in [0.2, 0.25) is 0 Å². The van der Waals surface area contributed by atoms with Gasteiger partial charge in [0.15, 0.2) is 0 Å². The van der Waals surface area contributed by atoms with E-state index in [1.165, 1.54) is 24.0 Å². The summed E-state index contributed by atoms with van der Waals surface area (Å²) >= 11 is -4.64. The second-order valence-corrected chi connectivity index (χ2v) is 3.48. The molecule has 0 nitrogen and oxygen atoms in total. The van der Waals surface area contributed by atoms with Gasteiger partial charge >= 0.3 is 15.5 Å². The van der Waals surface area contributed by atoms with Gasteiger partial charge in [0, 0.05) is 0 Å². The van der Waals surface area contributed by atoms with Crippen LogP contribution in [0.4, 0.5) is 10.6 Å². The number of hydrogen-bond acceptors (Lipinski definition) is 0. The molecular weight excluding hydrogens is 204 g/mol. The highest BCUT2D eigenvalue weighted by Gasteiger charge is 2.21. The van der Waals surface area contributed by atoms with Crippen molar-refractivity contribution in [3.63, 3.8) is 0 Å². The lowest BCUT2D eigenvalue weighted by Crippen LogP contribution is -1.81. The van der Waals surface area contributed by atoms with E-state index in [2.05, 4.69) is 38.1 Å². The minimum Gasteiger partial charge on any atom is -0.346 e. The largest absolute Gasteiger partial charge is 1.04 e. The zero-order valence-corrected chi connectivity index (χ0v) is 9.59. The Hall–Kier alpha value is -0.458. The molecule has 0 bridgehead atoms. The average Bonchev–Trinajstić information content (AvgIpc) is 2.08. The van der Waals surface area contributed by atoms with Crippen molar-refractivity contribution in [1.29, 1.82) is 0 Å². The predicted molar refractivity (Wildman–Crippen MR) is 54.3 cm³/mol. The molecule has 0 saturated heterocycles. The second-order valence-electron chi connectivity index (χ2n) is 2.98. The van der Waals surface area contributed by atoms with Gasteiger partial charge in [0.25, 0.3) is 0 Å². The molecule has 4 heteroatoms. The van der Waals surface area contributed by atoms with Gasteiger partial charge in [-0.05, 0) is 18.9 Å². The van der Waals surface area contributed by atoms with Crippen LogP contribution in [0.3, 0.4) is 0 Å². The lowest BCUT2D eigenvalue weighted by Gasteiger charge is -1.97. The minimum atomic E-state index is -4.64. The summed E-state index contributed by atoms with van der Waals surface area (Å²) in [5.41, 5.74) is 2.80. The van der Waals surface area contributed by atoms with Crippen LogP contribution < -0.4 is 0 Å². The van der Waals surface area contributed by atoms with E-state index >= 15 is 0 Å². The predicted octanol–water partition coefficient (Wildman–Crippen LogP) is 3.83. The zero-order valence-electron chi connectivity index (χ0n) is 8.43. The van der Waals surface area contributed by atoms with Crippen LogP contribution in [0.5, 0.6) is 0 Å². The van der Waals surface area contributed by atoms with E-state index in [0.29, 0.717) is 0 Å². The minimum absolute atomic E-state index is 1.21. The summed E-state index contributed by atoms with van der Waals surface area (Å²) in [5, 5.41) is 0. The summed E-state index contributed by atoms with van der Waals surface area (Å²) in [6, 6.07) is 8.76. The quantitative estimate of drug-likeness (QED) is 0.662. The Labute approximate surface area is 88.6 Å². The molecule has 78 valence electrons. The normalized spacial score (nSPS) is 8.93. The van der Waals surface area contributed by atoms with Gasteiger partial charge in [0.05, 0.1) is 0 Å². The van der Waals surface area contributed by atoms with E-state index < -0.39 is 15.5 Å². The lowest BCUT2D eigenvalue weighted by molar-refractivity contribution is 0.535. The average molecular weight is 218 g/mol. The third-order valence-electron chi connectivity index (χ3n) is 1.66. The maximum atomic E-state index is 9.81. The molecule has 0 heterocycles. The van der Waals surface area contributed by atoms with Crippen LogP contribution in [0.2, 0.25) is 0 Å². The molecule has 1 aromatic rings. The zero-order chi connectivity index (χ0) is 11.0. The fourth-order valence-corrected chi connectivity index (χ4v) is 1.04. The van der Waals surface area contributed by atoms with Gasteiger partial charge in [-0.3, -0.25) is 0 Å². The Kier molecular flexibility index (Phi) is 7.64. The first-order chi connectivity index (χ1) is 6.56. The summed E-state index contributed by atoms with van der Waals surface area (Å²) in [6.07, 6.45) is 2.45. The number of rotatable bonds is 2. The number of benzene rings is 1. The molecule has 1 rings (SSSR count). The van der Waals surface area contributed by atoms with Crippen LogP contribution in [0, 0.1) is 6.92 Å². The summed E-state index contributed by atoms with van der Waals surface area (Å²) in [5.74, 6) is 0. The van der Waals surface area contributed by atoms with E-state index in [9.17, 15) is 10.6 Å². The van der Waals surface area contributed by atoms with Gasteiger partial charge in [0.1, 0.15) is 0 Å². The van der Waals surface area contributed by atoms with Gasteiger partial charge < -0.3 is 10.6 Å². The number of halogens is 3. The fraction of sp³-hybridized carbons (Fsp3) is 0.400. The second kappa shape index (κ2) is 7.90. The van der Waals surface area contributed by atoms with Crippen LogP contribution in [0.25, 0.3) is 0 Å². The Morgan fingerprint density at radius 2 is 1.50 bits per heavy atom. The van der Waals surface area contributed by atoms with Crippen LogP contribution >= 0.6 is 0 Å². The van der Waals surface area contributed by atoms with Crippen molar-refractivity contribution in [1.82, 2.24) is 0 Å². The molecule has 14 heavy (non-hydrogen) atoms. The molecule has 0 fully saturated rings. The molecule has 1 aromatic carbocycles. The first-order valence-electron chi connectivity index (χ1n) is 4.54. The molecule has 0 N–H and O–H groups in total. The van der Waals surface area contributed by atoms with Crippen molar-refractivity contribution in [2.75, 3.05) is 0 Å². The molecule has 0 amide bonds. The van der Waals surface area contributed by atoms with Gasteiger partial charge in [-0.1, -0.05) is 43.2 Å². The topological polar surface area (TPSA) is 0 Å². The van der Waals surface area contributed by atoms with E-state index in [1.54, 1.807) is 0 Å². The third-order valence-corrected chi connectivity index (χ3v) is 1.66. The highest BCUT2D eigenvalue weighted by molar-refractivity contribution is 6.33.